The summed E-state index contributed by atoms with van der Waals surface area (Å²) in [5.41, 5.74) is -0.233. The fourth-order valence-corrected chi connectivity index (χ4v) is 2.38. The van der Waals surface area contributed by atoms with Crippen LogP contribution in [0.4, 0.5) is 5.69 Å². The third kappa shape index (κ3) is 4.71. The molecule has 2 rings (SSSR count). The van der Waals surface area contributed by atoms with Crippen molar-refractivity contribution >= 4 is 17.5 Å². The highest BCUT2D eigenvalue weighted by molar-refractivity contribution is 6.13. The number of anilines is 1. The van der Waals surface area contributed by atoms with Gasteiger partial charge in [-0.2, -0.15) is 0 Å². The summed E-state index contributed by atoms with van der Waals surface area (Å²) in [6.07, 6.45) is 1.30. The van der Waals surface area contributed by atoms with Crippen LogP contribution in [-0.4, -0.2) is 50.0 Å². The van der Waals surface area contributed by atoms with Crippen LogP contribution in [0, 0.1) is 5.41 Å². The fraction of sp³-hybridized carbons (Fsp3) is 0.556. The Balaban J connectivity index is 1.90. The largest absolute Gasteiger partial charge is 0.491 e. The molecule has 6 nitrogen and oxygen atoms in total. The Morgan fingerprint density at radius 2 is 1.79 bits per heavy atom. The molecule has 132 valence electrons. The van der Waals surface area contributed by atoms with Crippen molar-refractivity contribution in [1.29, 1.82) is 0 Å². The van der Waals surface area contributed by atoms with Crippen molar-refractivity contribution in [3.8, 4) is 5.75 Å². The van der Waals surface area contributed by atoms with E-state index in [2.05, 4.69) is 10.6 Å². The number of ether oxygens (including phenoxy) is 1. The summed E-state index contributed by atoms with van der Waals surface area (Å²) in [6.45, 7) is 5.21. The number of carbonyl (C=O) groups is 2. The van der Waals surface area contributed by atoms with Crippen molar-refractivity contribution in [2.24, 2.45) is 5.41 Å². The first-order valence-corrected chi connectivity index (χ1v) is 8.35. The maximum Gasteiger partial charge on any atom is 0.240 e. The molecule has 0 unspecified atom stereocenters. The predicted octanol–water partition coefficient (Wildman–Crippen LogP) is 1.87. The number of likely N-dealkylation sites (N-methyl/N-ethyl adjacent to an activating group) is 1. The number of nitrogens with zero attached hydrogens (tertiary/aromatic N) is 1. The molecule has 1 aromatic rings. The molecule has 1 aromatic carbocycles. The number of carbonyl (C=O) groups excluding carboxylic acids is 2. The molecule has 1 saturated carbocycles. The van der Waals surface area contributed by atoms with Crippen LogP contribution in [0.3, 0.4) is 0 Å². The molecule has 0 bridgehead atoms. The van der Waals surface area contributed by atoms with Gasteiger partial charge in [0.05, 0.1) is 6.10 Å². The van der Waals surface area contributed by atoms with E-state index in [4.69, 9.17) is 4.74 Å². The lowest BCUT2D eigenvalue weighted by atomic mass is 10.1. The van der Waals surface area contributed by atoms with Crippen LogP contribution < -0.4 is 15.4 Å². The van der Waals surface area contributed by atoms with Crippen molar-refractivity contribution < 1.29 is 14.3 Å². The highest BCUT2D eigenvalue weighted by atomic mass is 16.5. The zero-order valence-electron chi connectivity index (χ0n) is 14.9. The predicted molar refractivity (Wildman–Crippen MR) is 94.1 cm³/mol. The lowest BCUT2D eigenvalue weighted by Gasteiger charge is -2.17. The van der Waals surface area contributed by atoms with Crippen molar-refractivity contribution in [3.05, 3.63) is 24.3 Å². The van der Waals surface area contributed by atoms with Gasteiger partial charge in [0.25, 0.3) is 0 Å². The number of amides is 2. The molecule has 0 aromatic heterocycles. The van der Waals surface area contributed by atoms with Gasteiger partial charge in [-0.25, -0.2) is 0 Å². The van der Waals surface area contributed by atoms with Gasteiger partial charge in [-0.1, -0.05) is 0 Å². The zero-order valence-corrected chi connectivity index (χ0v) is 14.9. The van der Waals surface area contributed by atoms with Gasteiger partial charge < -0.3 is 20.3 Å². The molecule has 0 heterocycles. The van der Waals surface area contributed by atoms with Gasteiger partial charge in [0.2, 0.25) is 11.8 Å². The quantitative estimate of drug-likeness (QED) is 0.713. The third-order valence-corrected chi connectivity index (χ3v) is 3.95. The highest BCUT2D eigenvalue weighted by Crippen LogP contribution is 2.46. The number of benzene rings is 1. The molecule has 0 radical (unpaired) electrons. The first-order chi connectivity index (χ1) is 11.3. The molecule has 1 aliphatic carbocycles. The minimum Gasteiger partial charge on any atom is -0.491 e. The smallest absolute Gasteiger partial charge is 0.240 e. The van der Waals surface area contributed by atoms with Gasteiger partial charge in [-0.15, -0.1) is 0 Å². The van der Waals surface area contributed by atoms with Crippen LogP contribution in [0.2, 0.25) is 0 Å². The van der Waals surface area contributed by atoms with Gasteiger partial charge in [-0.05, 0) is 65.0 Å². The number of rotatable bonds is 8. The Labute approximate surface area is 143 Å². The highest BCUT2D eigenvalue weighted by Gasteiger charge is 2.56. The van der Waals surface area contributed by atoms with Crippen LogP contribution in [0.15, 0.2) is 24.3 Å². The summed E-state index contributed by atoms with van der Waals surface area (Å²) < 4.78 is 5.57. The first kappa shape index (κ1) is 18.3. The molecule has 6 heteroatoms. The summed E-state index contributed by atoms with van der Waals surface area (Å²) in [5.74, 6) is 0.342. The Morgan fingerprint density at radius 1 is 1.17 bits per heavy atom. The summed E-state index contributed by atoms with van der Waals surface area (Å²) in [7, 11) is 3.89. The molecular formula is C18H27N3O3. The average Bonchev–Trinajstić information content (AvgIpc) is 3.30. The molecule has 0 saturated heterocycles. The second kappa shape index (κ2) is 7.66. The molecular weight excluding hydrogens is 306 g/mol. The van der Waals surface area contributed by atoms with Gasteiger partial charge in [0, 0.05) is 18.8 Å². The van der Waals surface area contributed by atoms with Gasteiger partial charge in [-0.3, -0.25) is 9.59 Å². The number of hydrogen-bond acceptors (Lipinski definition) is 4. The van der Waals surface area contributed by atoms with E-state index in [1.165, 1.54) is 0 Å². The number of hydrogen-bond donors (Lipinski definition) is 2. The lowest BCUT2D eigenvalue weighted by Crippen LogP contribution is -2.42. The normalized spacial score (nSPS) is 15.2. The van der Waals surface area contributed by atoms with Crippen LogP contribution in [0.5, 0.6) is 5.75 Å². The molecule has 2 N–H and O–H groups in total. The number of nitrogens with one attached hydrogen (secondary N) is 2. The lowest BCUT2D eigenvalue weighted by molar-refractivity contribution is -0.134. The van der Waals surface area contributed by atoms with Gasteiger partial charge in [0.1, 0.15) is 11.2 Å². The van der Waals surface area contributed by atoms with Crippen LogP contribution in [0.1, 0.15) is 26.7 Å². The fourth-order valence-electron chi connectivity index (χ4n) is 2.38. The SMILES string of the molecule is CC(C)Oc1ccc(NC(=O)C2(C(=O)NCCN(C)C)CC2)cc1. The summed E-state index contributed by atoms with van der Waals surface area (Å²) in [4.78, 5) is 26.8. The summed E-state index contributed by atoms with van der Waals surface area (Å²) in [5, 5.41) is 5.69. The standard InChI is InChI=1S/C18H27N3O3/c1-13(2)24-15-7-5-14(6-8-15)20-17(23)18(9-10-18)16(22)19-11-12-21(3)4/h5-8,13H,9-12H2,1-4H3,(H,19,22)(H,20,23). The Morgan fingerprint density at radius 3 is 2.29 bits per heavy atom. The van der Waals surface area contributed by atoms with E-state index in [0.29, 0.717) is 25.1 Å². The van der Waals surface area contributed by atoms with E-state index in [0.717, 1.165) is 12.3 Å². The zero-order chi connectivity index (χ0) is 17.7. The van der Waals surface area contributed by atoms with Crippen LogP contribution >= 0.6 is 0 Å². The molecule has 1 fully saturated rings. The van der Waals surface area contributed by atoms with Crippen LogP contribution in [-0.2, 0) is 9.59 Å². The van der Waals surface area contributed by atoms with Gasteiger partial charge >= 0.3 is 0 Å². The monoisotopic (exact) mass is 333 g/mol. The molecule has 0 atom stereocenters. The second-order valence-electron chi connectivity index (χ2n) is 6.79. The van der Waals surface area contributed by atoms with E-state index in [-0.39, 0.29) is 17.9 Å². The average molecular weight is 333 g/mol. The van der Waals surface area contributed by atoms with Crippen molar-refractivity contribution in [1.82, 2.24) is 10.2 Å². The van der Waals surface area contributed by atoms with E-state index < -0.39 is 5.41 Å². The van der Waals surface area contributed by atoms with E-state index >= 15 is 0 Å². The molecule has 2 amide bonds. The minimum absolute atomic E-state index is 0.103. The first-order valence-electron chi connectivity index (χ1n) is 8.35. The van der Waals surface area contributed by atoms with Crippen LogP contribution in [0.25, 0.3) is 0 Å². The Hall–Kier alpha value is -2.08. The van der Waals surface area contributed by atoms with Crippen molar-refractivity contribution in [2.45, 2.75) is 32.8 Å². The van der Waals surface area contributed by atoms with E-state index in [1.807, 2.05) is 45.0 Å². The molecule has 0 aliphatic heterocycles. The minimum atomic E-state index is -0.903. The second-order valence-corrected chi connectivity index (χ2v) is 6.79. The topological polar surface area (TPSA) is 70.7 Å². The summed E-state index contributed by atoms with van der Waals surface area (Å²) >= 11 is 0. The van der Waals surface area contributed by atoms with Crippen molar-refractivity contribution in [3.63, 3.8) is 0 Å². The molecule has 24 heavy (non-hydrogen) atoms. The maximum atomic E-state index is 12.5. The Kier molecular flexibility index (Phi) is 5.83. The maximum absolute atomic E-state index is 12.5. The molecule has 1 aliphatic rings. The Bertz CT molecular complexity index is 578. The van der Waals surface area contributed by atoms with E-state index in [1.54, 1.807) is 12.1 Å². The molecule has 0 spiro atoms. The third-order valence-electron chi connectivity index (χ3n) is 3.95. The van der Waals surface area contributed by atoms with Crippen molar-refractivity contribution in [2.75, 3.05) is 32.5 Å². The van der Waals surface area contributed by atoms with E-state index in [9.17, 15) is 9.59 Å². The summed E-state index contributed by atoms with van der Waals surface area (Å²) in [6, 6.07) is 7.20. The van der Waals surface area contributed by atoms with Gasteiger partial charge in [0.15, 0.2) is 0 Å².